The highest BCUT2D eigenvalue weighted by Crippen LogP contribution is 2.31. The van der Waals surface area contributed by atoms with E-state index in [0.717, 1.165) is 18.4 Å². The Balaban J connectivity index is 1.47. The molecule has 0 bridgehead atoms. The SMILES string of the molecule is O=C(Nc1cc(-c2ccc(OCc3cccc(Cl)c3)cc2F)ccn1)C1CC1. The first-order chi connectivity index (χ1) is 13.6. The quantitative estimate of drug-likeness (QED) is 0.601. The van der Waals surface area contributed by atoms with Crippen molar-refractivity contribution in [2.24, 2.45) is 5.92 Å². The molecule has 0 radical (unpaired) electrons. The summed E-state index contributed by atoms with van der Waals surface area (Å²) in [6.07, 6.45) is 3.38. The van der Waals surface area contributed by atoms with Gasteiger partial charge in [-0.2, -0.15) is 0 Å². The van der Waals surface area contributed by atoms with Crippen LogP contribution in [0.4, 0.5) is 10.2 Å². The highest BCUT2D eigenvalue weighted by Gasteiger charge is 2.29. The van der Waals surface area contributed by atoms with Crippen molar-refractivity contribution >= 4 is 23.3 Å². The first-order valence-electron chi connectivity index (χ1n) is 9.02. The fraction of sp³-hybridized carbons (Fsp3) is 0.182. The number of halogens is 2. The largest absolute Gasteiger partial charge is 0.489 e. The number of aromatic nitrogens is 1. The average Bonchev–Trinajstić information content (AvgIpc) is 3.52. The second kappa shape index (κ2) is 7.98. The molecule has 0 atom stereocenters. The number of nitrogens with zero attached hydrogens (tertiary/aromatic N) is 1. The summed E-state index contributed by atoms with van der Waals surface area (Å²) in [4.78, 5) is 16.0. The van der Waals surface area contributed by atoms with Gasteiger partial charge < -0.3 is 10.1 Å². The van der Waals surface area contributed by atoms with E-state index in [2.05, 4.69) is 10.3 Å². The zero-order valence-electron chi connectivity index (χ0n) is 15.0. The zero-order valence-corrected chi connectivity index (χ0v) is 15.7. The second-order valence-electron chi connectivity index (χ2n) is 6.75. The normalized spacial score (nSPS) is 13.2. The molecular weight excluding hydrogens is 379 g/mol. The van der Waals surface area contributed by atoms with Gasteiger partial charge in [0.25, 0.3) is 0 Å². The molecule has 142 valence electrons. The van der Waals surface area contributed by atoms with Gasteiger partial charge in [-0.3, -0.25) is 4.79 Å². The minimum absolute atomic E-state index is 0.0325. The monoisotopic (exact) mass is 396 g/mol. The molecule has 4 nitrogen and oxygen atoms in total. The molecule has 28 heavy (non-hydrogen) atoms. The van der Waals surface area contributed by atoms with E-state index in [-0.39, 0.29) is 11.8 Å². The van der Waals surface area contributed by atoms with E-state index in [1.54, 1.807) is 42.6 Å². The highest BCUT2D eigenvalue weighted by molar-refractivity contribution is 6.30. The molecule has 4 rings (SSSR count). The molecule has 0 aliphatic heterocycles. The Morgan fingerprint density at radius 2 is 2.04 bits per heavy atom. The van der Waals surface area contributed by atoms with Crippen molar-refractivity contribution in [2.45, 2.75) is 19.4 Å². The van der Waals surface area contributed by atoms with E-state index in [1.165, 1.54) is 6.07 Å². The highest BCUT2D eigenvalue weighted by atomic mass is 35.5. The van der Waals surface area contributed by atoms with E-state index in [1.807, 2.05) is 12.1 Å². The summed E-state index contributed by atoms with van der Waals surface area (Å²) in [5.41, 5.74) is 1.96. The number of amides is 1. The maximum Gasteiger partial charge on any atom is 0.228 e. The average molecular weight is 397 g/mol. The third-order valence-electron chi connectivity index (χ3n) is 4.51. The van der Waals surface area contributed by atoms with Crippen LogP contribution >= 0.6 is 11.6 Å². The van der Waals surface area contributed by atoms with Crippen LogP contribution in [-0.4, -0.2) is 10.9 Å². The van der Waals surface area contributed by atoms with Crippen molar-refractivity contribution in [3.63, 3.8) is 0 Å². The van der Waals surface area contributed by atoms with Crippen molar-refractivity contribution in [3.05, 3.63) is 77.2 Å². The molecule has 0 saturated heterocycles. The molecule has 1 saturated carbocycles. The molecule has 6 heteroatoms. The van der Waals surface area contributed by atoms with Crippen LogP contribution in [0.1, 0.15) is 18.4 Å². The van der Waals surface area contributed by atoms with Crippen LogP contribution in [0, 0.1) is 11.7 Å². The van der Waals surface area contributed by atoms with Gasteiger partial charge in [0.1, 0.15) is 24.0 Å². The van der Waals surface area contributed by atoms with Gasteiger partial charge in [-0.1, -0.05) is 23.7 Å². The molecule has 1 fully saturated rings. The van der Waals surface area contributed by atoms with E-state index in [9.17, 15) is 9.18 Å². The van der Waals surface area contributed by atoms with Gasteiger partial charge in [-0.25, -0.2) is 9.37 Å². The molecule has 1 heterocycles. The van der Waals surface area contributed by atoms with E-state index in [0.29, 0.717) is 34.3 Å². The Morgan fingerprint density at radius 3 is 2.79 bits per heavy atom. The number of rotatable bonds is 6. The predicted molar refractivity (Wildman–Crippen MR) is 107 cm³/mol. The van der Waals surface area contributed by atoms with Gasteiger partial charge in [0.2, 0.25) is 5.91 Å². The molecule has 0 unspecified atom stereocenters. The molecule has 0 spiro atoms. The molecule has 1 N–H and O–H groups in total. The van der Waals surface area contributed by atoms with Gasteiger partial charge in [-0.15, -0.1) is 0 Å². The summed E-state index contributed by atoms with van der Waals surface area (Å²) in [5.74, 6) is 0.495. The van der Waals surface area contributed by atoms with Gasteiger partial charge in [0, 0.05) is 28.8 Å². The van der Waals surface area contributed by atoms with Crippen LogP contribution in [0.3, 0.4) is 0 Å². The Labute approximate surface area is 167 Å². The molecule has 2 aromatic carbocycles. The van der Waals surface area contributed by atoms with E-state index >= 15 is 0 Å². The molecule has 1 aliphatic carbocycles. The van der Waals surface area contributed by atoms with Crippen molar-refractivity contribution < 1.29 is 13.9 Å². The van der Waals surface area contributed by atoms with E-state index < -0.39 is 5.82 Å². The summed E-state index contributed by atoms with van der Waals surface area (Å²) in [5, 5.41) is 3.41. The Bertz CT molecular complexity index is 1020. The maximum absolute atomic E-state index is 14.6. The van der Waals surface area contributed by atoms with Crippen LogP contribution in [-0.2, 0) is 11.4 Å². The maximum atomic E-state index is 14.6. The van der Waals surface area contributed by atoms with Crippen LogP contribution in [0.5, 0.6) is 5.75 Å². The second-order valence-corrected chi connectivity index (χ2v) is 7.19. The fourth-order valence-corrected chi connectivity index (χ4v) is 3.07. The molecule has 3 aromatic rings. The standard InChI is InChI=1S/C22H18ClFN2O2/c23-17-3-1-2-14(10-17)13-28-18-6-7-19(20(24)12-18)16-8-9-25-21(11-16)26-22(27)15-4-5-15/h1-3,6-12,15H,4-5,13H2,(H,25,26,27). The van der Waals surface area contributed by atoms with Crippen LogP contribution < -0.4 is 10.1 Å². The smallest absolute Gasteiger partial charge is 0.228 e. The third-order valence-corrected chi connectivity index (χ3v) is 4.74. The number of pyridine rings is 1. The predicted octanol–water partition coefficient (Wildman–Crippen LogP) is 5.47. The number of carbonyl (C=O) groups excluding carboxylic acids is 1. The summed E-state index contributed by atoms with van der Waals surface area (Å²) in [6.45, 7) is 0.298. The van der Waals surface area contributed by atoms with Crippen LogP contribution in [0.2, 0.25) is 5.02 Å². The number of carbonyl (C=O) groups is 1. The topological polar surface area (TPSA) is 51.2 Å². The minimum atomic E-state index is -0.408. The number of nitrogens with one attached hydrogen (secondary N) is 1. The third kappa shape index (κ3) is 4.49. The summed E-state index contributed by atoms with van der Waals surface area (Å²) in [7, 11) is 0. The lowest BCUT2D eigenvalue weighted by molar-refractivity contribution is -0.117. The molecule has 1 aromatic heterocycles. The van der Waals surface area contributed by atoms with Crippen LogP contribution in [0.25, 0.3) is 11.1 Å². The molecular formula is C22H18ClFN2O2. The fourth-order valence-electron chi connectivity index (χ4n) is 2.85. The van der Waals surface area contributed by atoms with Gasteiger partial charge >= 0.3 is 0 Å². The zero-order chi connectivity index (χ0) is 19.5. The number of hydrogen-bond acceptors (Lipinski definition) is 3. The first-order valence-corrected chi connectivity index (χ1v) is 9.40. The van der Waals surface area contributed by atoms with Crippen molar-refractivity contribution in [2.75, 3.05) is 5.32 Å². The Hall–Kier alpha value is -2.92. The van der Waals surface area contributed by atoms with Gasteiger partial charge in [0.15, 0.2) is 0 Å². The van der Waals surface area contributed by atoms with Crippen molar-refractivity contribution in [3.8, 4) is 16.9 Å². The lowest BCUT2D eigenvalue weighted by atomic mass is 10.1. The molecule has 1 amide bonds. The first kappa shape index (κ1) is 18.4. The van der Waals surface area contributed by atoms with Crippen LogP contribution in [0.15, 0.2) is 60.8 Å². The Kier molecular flexibility index (Phi) is 5.26. The van der Waals surface area contributed by atoms with Gasteiger partial charge in [-0.05, 0) is 60.4 Å². The Morgan fingerprint density at radius 1 is 1.18 bits per heavy atom. The number of anilines is 1. The summed E-state index contributed by atoms with van der Waals surface area (Å²) >= 11 is 5.96. The molecule has 1 aliphatic rings. The van der Waals surface area contributed by atoms with Crippen molar-refractivity contribution in [1.29, 1.82) is 0 Å². The lowest BCUT2D eigenvalue weighted by Gasteiger charge is -2.10. The minimum Gasteiger partial charge on any atom is -0.489 e. The lowest BCUT2D eigenvalue weighted by Crippen LogP contribution is -2.14. The summed E-state index contributed by atoms with van der Waals surface area (Å²) < 4.78 is 20.3. The van der Waals surface area contributed by atoms with Gasteiger partial charge in [0.05, 0.1) is 0 Å². The summed E-state index contributed by atoms with van der Waals surface area (Å²) in [6, 6.07) is 15.4. The number of hydrogen-bond donors (Lipinski definition) is 1. The number of ether oxygens (including phenoxy) is 1. The van der Waals surface area contributed by atoms with E-state index in [4.69, 9.17) is 16.3 Å². The van der Waals surface area contributed by atoms with Crippen molar-refractivity contribution in [1.82, 2.24) is 4.98 Å². The number of benzene rings is 2.